The first-order chi connectivity index (χ1) is 7.75. The molecule has 0 saturated carbocycles. The highest BCUT2D eigenvalue weighted by Gasteiger charge is 2.05. The molecule has 1 heterocycles. The van der Waals surface area contributed by atoms with Crippen LogP contribution in [0.5, 0.6) is 0 Å². The molecule has 0 aliphatic heterocycles. The van der Waals surface area contributed by atoms with Crippen LogP contribution in [-0.2, 0) is 0 Å². The summed E-state index contributed by atoms with van der Waals surface area (Å²) in [6.07, 6.45) is 1.14. The summed E-state index contributed by atoms with van der Waals surface area (Å²) in [7, 11) is 0. The van der Waals surface area contributed by atoms with E-state index >= 15 is 0 Å². The minimum atomic E-state index is -0.266. The largest absolute Gasteiger partial charge is 0.348 e. The van der Waals surface area contributed by atoms with Crippen molar-refractivity contribution in [3.05, 3.63) is 52.4 Å². The molecule has 16 heavy (non-hydrogen) atoms. The van der Waals surface area contributed by atoms with Gasteiger partial charge in [-0.2, -0.15) is 0 Å². The zero-order valence-electron chi connectivity index (χ0n) is 8.84. The lowest BCUT2D eigenvalue weighted by molar-refractivity contribution is 0.833. The molecule has 0 amide bonds. The van der Waals surface area contributed by atoms with Crippen molar-refractivity contribution in [1.82, 2.24) is 15.2 Å². The molecule has 0 aliphatic carbocycles. The van der Waals surface area contributed by atoms with E-state index in [0.29, 0.717) is 5.95 Å². The maximum Gasteiger partial charge on any atom is 0.271 e. The fraction of sp³-hybridized carbons (Fsp3) is 0.182. The first kappa shape index (κ1) is 10.4. The summed E-state index contributed by atoms with van der Waals surface area (Å²) in [5.74, 6) is 0.379. The third kappa shape index (κ3) is 2.44. The average molecular weight is 216 g/mol. The summed E-state index contributed by atoms with van der Waals surface area (Å²) in [5, 5.41) is 10.4. The molecule has 5 heteroatoms. The van der Waals surface area contributed by atoms with Gasteiger partial charge in [-0.3, -0.25) is 9.78 Å². The second-order valence-electron chi connectivity index (χ2n) is 3.46. The fourth-order valence-electron chi connectivity index (χ4n) is 1.41. The molecular formula is C11H12N4O. The van der Waals surface area contributed by atoms with Gasteiger partial charge in [0.25, 0.3) is 5.56 Å². The van der Waals surface area contributed by atoms with Crippen LogP contribution in [-0.4, -0.2) is 15.2 Å². The molecule has 2 aromatic rings. The van der Waals surface area contributed by atoms with Gasteiger partial charge in [-0.15, -0.1) is 10.2 Å². The van der Waals surface area contributed by atoms with Crippen molar-refractivity contribution in [2.75, 3.05) is 5.32 Å². The monoisotopic (exact) mass is 216 g/mol. The van der Waals surface area contributed by atoms with Crippen LogP contribution >= 0.6 is 0 Å². The van der Waals surface area contributed by atoms with Gasteiger partial charge in [-0.1, -0.05) is 30.3 Å². The molecule has 2 rings (SSSR count). The first-order valence-electron chi connectivity index (χ1n) is 4.99. The van der Waals surface area contributed by atoms with Gasteiger partial charge in [0.1, 0.15) is 6.20 Å². The van der Waals surface area contributed by atoms with Crippen LogP contribution in [0.3, 0.4) is 0 Å². The second kappa shape index (κ2) is 4.57. The smallest absolute Gasteiger partial charge is 0.271 e. The van der Waals surface area contributed by atoms with E-state index in [9.17, 15) is 4.79 Å². The molecule has 0 unspecified atom stereocenters. The van der Waals surface area contributed by atoms with Crippen molar-refractivity contribution in [3.63, 3.8) is 0 Å². The molecule has 0 aliphatic rings. The highest BCUT2D eigenvalue weighted by atomic mass is 16.1. The lowest BCUT2D eigenvalue weighted by Gasteiger charge is -2.13. The van der Waals surface area contributed by atoms with Crippen LogP contribution in [0.2, 0.25) is 0 Å². The Balaban J connectivity index is 2.14. The minimum absolute atomic E-state index is 0.0635. The van der Waals surface area contributed by atoms with Crippen molar-refractivity contribution < 1.29 is 0 Å². The van der Waals surface area contributed by atoms with E-state index in [1.54, 1.807) is 0 Å². The molecule has 82 valence electrons. The molecule has 0 fully saturated rings. The van der Waals surface area contributed by atoms with Crippen molar-refractivity contribution >= 4 is 5.95 Å². The highest BCUT2D eigenvalue weighted by Crippen LogP contribution is 2.14. The Morgan fingerprint density at radius 3 is 2.75 bits per heavy atom. The molecule has 0 spiro atoms. The van der Waals surface area contributed by atoms with Gasteiger partial charge in [-0.05, 0) is 12.5 Å². The number of anilines is 1. The third-order valence-corrected chi connectivity index (χ3v) is 2.23. The average Bonchev–Trinajstić information content (AvgIpc) is 2.30. The van der Waals surface area contributed by atoms with Gasteiger partial charge in [0.05, 0.1) is 6.04 Å². The number of benzene rings is 1. The number of aromatic nitrogens is 3. The number of H-pyrrole nitrogens is 1. The summed E-state index contributed by atoms with van der Waals surface area (Å²) < 4.78 is 0. The van der Waals surface area contributed by atoms with Crippen molar-refractivity contribution in [2.24, 2.45) is 0 Å². The molecule has 1 aromatic heterocycles. The number of hydrogen-bond acceptors (Lipinski definition) is 4. The van der Waals surface area contributed by atoms with Crippen molar-refractivity contribution in [3.8, 4) is 0 Å². The fourth-order valence-corrected chi connectivity index (χ4v) is 1.41. The Morgan fingerprint density at radius 1 is 1.31 bits per heavy atom. The summed E-state index contributed by atoms with van der Waals surface area (Å²) in [6.45, 7) is 1.99. The molecule has 2 N–H and O–H groups in total. The Bertz CT molecular complexity index is 509. The molecule has 0 bridgehead atoms. The van der Waals surface area contributed by atoms with E-state index in [2.05, 4.69) is 20.5 Å². The van der Waals surface area contributed by atoms with Crippen LogP contribution in [0, 0.1) is 0 Å². The SMILES string of the molecule is C[C@@H](Nc1nncc(=O)[nH]1)c1ccccc1. The Kier molecular flexibility index (Phi) is 2.95. The van der Waals surface area contributed by atoms with Gasteiger partial charge >= 0.3 is 0 Å². The van der Waals surface area contributed by atoms with Crippen LogP contribution < -0.4 is 10.9 Å². The number of hydrogen-bond donors (Lipinski definition) is 2. The Labute approximate surface area is 92.6 Å². The molecule has 0 saturated heterocycles. The quantitative estimate of drug-likeness (QED) is 0.812. The maximum atomic E-state index is 11.0. The first-order valence-corrected chi connectivity index (χ1v) is 4.99. The summed E-state index contributed by atoms with van der Waals surface area (Å²) in [6, 6.07) is 9.96. The predicted molar refractivity (Wildman–Crippen MR) is 61.1 cm³/mol. The van der Waals surface area contributed by atoms with Gasteiger partial charge in [0, 0.05) is 0 Å². The molecule has 5 nitrogen and oxygen atoms in total. The maximum absolute atomic E-state index is 11.0. The standard InChI is InChI=1S/C11H12N4O/c1-8(9-5-3-2-4-6-9)13-11-14-10(16)7-12-15-11/h2-8H,1H3,(H2,13,14,15,16)/t8-/m1/s1. The van der Waals surface area contributed by atoms with E-state index in [1.807, 2.05) is 37.3 Å². The number of aromatic amines is 1. The zero-order valence-corrected chi connectivity index (χ0v) is 8.84. The lowest BCUT2D eigenvalue weighted by Crippen LogP contribution is -2.15. The van der Waals surface area contributed by atoms with E-state index in [0.717, 1.165) is 11.8 Å². The van der Waals surface area contributed by atoms with Crippen molar-refractivity contribution in [1.29, 1.82) is 0 Å². The molecule has 1 aromatic carbocycles. The van der Waals surface area contributed by atoms with E-state index in [-0.39, 0.29) is 11.6 Å². The van der Waals surface area contributed by atoms with Crippen LogP contribution in [0.15, 0.2) is 41.3 Å². The van der Waals surface area contributed by atoms with E-state index in [1.165, 1.54) is 0 Å². The van der Waals surface area contributed by atoms with E-state index in [4.69, 9.17) is 0 Å². The second-order valence-corrected chi connectivity index (χ2v) is 3.46. The molecule has 0 radical (unpaired) electrons. The Morgan fingerprint density at radius 2 is 2.06 bits per heavy atom. The van der Waals surface area contributed by atoms with Gasteiger partial charge in [-0.25, -0.2) is 0 Å². The number of rotatable bonds is 3. The number of nitrogens with one attached hydrogen (secondary N) is 2. The van der Waals surface area contributed by atoms with Crippen molar-refractivity contribution in [2.45, 2.75) is 13.0 Å². The minimum Gasteiger partial charge on any atom is -0.348 e. The van der Waals surface area contributed by atoms with Crippen LogP contribution in [0.25, 0.3) is 0 Å². The lowest BCUT2D eigenvalue weighted by atomic mass is 10.1. The molecule has 1 atom stereocenters. The highest BCUT2D eigenvalue weighted by molar-refractivity contribution is 5.29. The predicted octanol–water partition coefficient (Wildman–Crippen LogP) is 1.34. The zero-order chi connectivity index (χ0) is 11.4. The topological polar surface area (TPSA) is 70.7 Å². The van der Waals surface area contributed by atoms with Crippen LogP contribution in [0.1, 0.15) is 18.5 Å². The summed E-state index contributed by atoms with van der Waals surface area (Å²) in [4.78, 5) is 13.6. The van der Waals surface area contributed by atoms with E-state index < -0.39 is 0 Å². The summed E-state index contributed by atoms with van der Waals surface area (Å²) in [5.41, 5.74) is 0.853. The summed E-state index contributed by atoms with van der Waals surface area (Å²) >= 11 is 0. The normalized spacial score (nSPS) is 12.1. The third-order valence-electron chi connectivity index (χ3n) is 2.23. The van der Waals surface area contributed by atoms with Gasteiger partial charge < -0.3 is 5.32 Å². The Hall–Kier alpha value is -2.17. The molecular weight excluding hydrogens is 204 g/mol. The van der Waals surface area contributed by atoms with Gasteiger partial charge in [0.2, 0.25) is 5.95 Å². The number of nitrogens with zero attached hydrogens (tertiary/aromatic N) is 2. The van der Waals surface area contributed by atoms with Crippen LogP contribution in [0.4, 0.5) is 5.95 Å². The van der Waals surface area contributed by atoms with Gasteiger partial charge in [0.15, 0.2) is 0 Å².